The minimum atomic E-state index is -0.117. The van der Waals surface area contributed by atoms with E-state index in [9.17, 15) is 9.59 Å². The second-order valence-electron chi connectivity index (χ2n) is 6.92. The Hall–Kier alpha value is -2.66. The molecule has 2 aromatic rings. The van der Waals surface area contributed by atoms with Crippen LogP contribution in [0.15, 0.2) is 48.5 Å². The van der Waals surface area contributed by atoms with Crippen LogP contribution in [-0.4, -0.2) is 48.3 Å². The van der Waals surface area contributed by atoms with Crippen LogP contribution in [0.25, 0.3) is 0 Å². The predicted molar refractivity (Wildman–Crippen MR) is 103 cm³/mol. The van der Waals surface area contributed by atoms with Crippen LogP contribution in [0.4, 0.5) is 5.69 Å². The van der Waals surface area contributed by atoms with E-state index in [1.54, 1.807) is 11.9 Å². The molecule has 0 saturated heterocycles. The number of amides is 2. The number of nitrogens with one attached hydrogen (secondary N) is 1. The third-order valence-corrected chi connectivity index (χ3v) is 4.64. The monoisotopic (exact) mass is 351 g/mol. The van der Waals surface area contributed by atoms with Gasteiger partial charge in [-0.2, -0.15) is 0 Å². The Morgan fingerprint density at radius 3 is 2.46 bits per heavy atom. The number of carbonyl (C=O) groups is 2. The number of fused-ring (bicyclic) bond motifs is 1. The molecule has 0 spiro atoms. The summed E-state index contributed by atoms with van der Waals surface area (Å²) < 4.78 is 0. The molecular formula is C21H25N3O2. The Morgan fingerprint density at radius 1 is 1.04 bits per heavy atom. The standard InChI is InChI=1S/C21H25N3O2/c1-16-7-9-19(10-8-16)22-20(25)14-23(2)15-21(26)24-12-11-17-5-3-4-6-18(17)13-24/h3-10H,11-15H2,1-2H3,(H,22,25). The van der Waals surface area contributed by atoms with Gasteiger partial charge in [-0.15, -0.1) is 0 Å². The smallest absolute Gasteiger partial charge is 0.238 e. The van der Waals surface area contributed by atoms with E-state index in [1.807, 2.05) is 48.2 Å². The zero-order valence-corrected chi connectivity index (χ0v) is 15.4. The zero-order valence-electron chi connectivity index (χ0n) is 15.4. The Kier molecular flexibility index (Phi) is 5.68. The quantitative estimate of drug-likeness (QED) is 0.900. The largest absolute Gasteiger partial charge is 0.337 e. The van der Waals surface area contributed by atoms with E-state index in [0.29, 0.717) is 6.54 Å². The van der Waals surface area contributed by atoms with E-state index in [2.05, 4.69) is 17.4 Å². The van der Waals surface area contributed by atoms with Crippen molar-refractivity contribution >= 4 is 17.5 Å². The number of benzene rings is 2. The van der Waals surface area contributed by atoms with Gasteiger partial charge in [-0.25, -0.2) is 0 Å². The molecule has 26 heavy (non-hydrogen) atoms. The number of hydrogen-bond acceptors (Lipinski definition) is 3. The number of likely N-dealkylation sites (N-methyl/N-ethyl adjacent to an activating group) is 1. The fraction of sp³-hybridized carbons (Fsp3) is 0.333. The molecule has 0 unspecified atom stereocenters. The summed E-state index contributed by atoms with van der Waals surface area (Å²) in [5, 5.41) is 2.86. The van der Waals surface area contributed by atoms with Crippen molar-refractivity contribution in [1.29, 1.82) is 0 Å². The van der Waals surface area contributed by atoms with Crippen LogP contribution >= 0.6 is 0 Å². The van der Waals surface area contributed by atoms with Crippen LogP contribution in [-0.2, 0) is 22.6 Å². The van der Waals surface area contributed by atoms with Crippen LogP contribution < -0.4 is 5.32 Å². The average Bonchev–Trinajstić information content (AvgIpc) is 2.63. The maximum absolute atomic E-state index is 12.5. The first kappa shape index (κ1) is 18.1. The molecule has 3 rings (SSSR count). The second kappa shape index (κ2) is 8.15. The van der Waals surface area contributed by atoms with E-state index >= 15 is 0 Å². The number of nitrogens with zero attached hydrogens (tertiary/aromatic N) is 2. The molecule has 0 aliphatic carbocycles. The van der Waals surface area contributed by atoms with Gasteiger partial charge in [0.15, 0.2) is 0 Å². The van der Waals surface area contributed by atoms with Crippen molar-refractivity contribution in [3.8, 4) is 0 Å². The molecule has 2 amide bonds. The van der Waals surface area contributed by atoms with Crippen molar-refractivity contribution < 1.29 is 9.59 Å². The molecule has 1 N–H and O–H groups in total. The average molecular weight is 351 g/mol. The van der Waals surface area contributed by atoms with E-state index in [0.717, 1.165) is 24.2 Å². The highest BCUT2D eigenvalue weighted by atomic mass is 16.2. The van der Waals surface area contributed by atoms with Gasteiger partial charge in [0.2, 0.25) is 11.8 Å². The van der Waals surface area contributed by atoms with Crippen LogP contribution in [0.5, 0.6) is 0 Å². The zero-order chi connectivity index (χ0) is 18.5. The van der Waals surface area contributed by atoms with Gasteiger partial charge in [0.05, 0.1) is 13.1 Å². The Balaban J connectivity index is 1.48. The third-order valence-electron chi connectivity index (χ3n) is 4.64. The summed E-state index contributed by atoms with van der Waals surface area (Å²) >= 11 is 0. The summed E-state index contributed by atoms with van der Waals surface area (Å²) in [5.41, 5.74) is 4.45. The molecular weight excluding hydrogens is 326 g/mol. The van der Waals surface area contributed by atoms with Gasteiger partial charge in [-0.3, -0.25) is 14.5 Å². The van der Waals surface area contributed by atoms with Gasteiger partial charge < -0.3 is 10.2 Å². The molecule has 1 aliphatic heterocycles. The fourth-order valence-corrected chi connectivity index (χ4v) is 3.18. The van der Waals surface area contributed by atoms with Gasteiger partial charge >= 0.3 is 0 Å². The Labute approximate surface area is 154 Å². The first-order valence-electron chi connectivity index (χ1n) is 8.91. The molecule has 1 heterocycles. The minimum absolute atomic E-state index is 0.0603. The molecule has 0 bridgehead atoms. The Bertz CT molecular complexity index is 786. The van der Waals surface area contributed by atoms with Crippen molar-refractivity contribution in [2.75, 3.05) is 32.0 Å². The summed E-state index contributed by atoms with van der Waals surface area (Å²) in [5.74, 6) is -0.0571. The molecule has 0 atom stereocenters. The van der Waals surface area contributed by atoms with Crippen molar-refractivity contribution in [3.63, 3.8) is 0 Å². The molecule has 5 heteroatoms. The molecule has 1 aliphatic rings. The highest BCUT2D eigenvalue weighted by Crippen LogP contribution is 2.18. The lowest BCUT2D eigenvalue weighted by atomic mass is 10.00. The van der Waals surface area contributed by atoms with E-state index in [-0.39, 0.29) is 24.9 Å². The molecule has 5 nitrogen and oxygen atoms in total. The highest BCUT2D eigenvalue weighted by molar-refractivity contribution is 5.92. The van der Waals surface area contributed by atoms with Gasteiger partial charge in [0.1, 0.15) is 0 Å². The van der Waals surface area contributed by atoms with Crippen molar-refractivity contribution in [2.24, 2.45) is 0 Å². The first-order chi connectivity index (χ1) is 12.5. The third kappa shape index (κ3) is 4.70. The SMILES string of the molecule is Cc1ccc(NC(=O)CN(C)CC(=O)N2CCc3ccccc3C2)cc1. The maximum Gasteiger partial charge on any atom is 0.238 e. The topological polar surface area (TPSA) is 52.7 Å². The number of rotatable bonds is 5. The number of carbonyl (C=O) groups excluding carboxylic acids is 2. The lowest BCUT2D eigenvalue weighted by molar-refractivity contribution is -0.133. The highest BCUT2D eigenvalue weighted by Gasteiger charge is 2.21. The normalized spacial score (nSPS) is 13.4. The van der Waals surface area contributed by atoms with Gasteiger partial charge in [0.25, 0.3) is 0 Å². The molecule has 0 aromatic heterocycles. The van der Waals surface area contributed by atoms with Crippen LogP contribution in [0.1, 0.15) is 16.7 Å². The summed E-state index contributed by atoms with van der Waals surface area (Å²) in [6, 6.07) is 15.9. The molecule has 0 radical (unpaired) electrons. The van der Waals surface area contributed by atoms with Crippen molar-refractivity contribution in [3.05, 3.63) is 65.2 Å². The summed E-state index contributed by atoms with van der Waals surface area (Å²) in [4.78, 5) is 28.3. The minimum Gasteiger partial charge on any atom is -0.337 e. The van der Waals surface area contributed by atoms with Crippen molar-refractivity contribution in [2.45, 2.75) is 19.9 Å². The van der Waals surface area contributed by atoms with Gasteiger partial charge in [-0.05, 0) is 43.7 Å². The van der Waals surface area contributed by atoms with E-state index in [4.69, 9.17) is 0 Å². The summed E-state index contributed by atoms with van der Waals surface area (Å²) in [6.45, 7) is 3.81. The summed E-state index contributed by atoms with van der Waals surface area (Å²) in [7, 11) is 1.80. The fourth-order valence-electron chi connectivity index (χ4n) is 3.18. The second-order valence-corrected chi connectivity index (χ2v) is 6.92. The van der Waals surface area contributed by atoms with Crippen LogP contribution in [0, 0.1) is 6.92 Å². The molecule has 0 fully saturated rings. The predicted octanol–water partition coefficient (Wildman–Crippen LogP) is 2.45. The van der Waals surface area contributed by atoms with Crippen molar-refractivity contribution in [1.82, 2.24) is 9.80 Å². The molecule has 0 saturated carbocycles. The lowest BCUT2D eigenvalue weighted by Crippen LogP contribution is -2.43. The molecule has 2 aromatic carbocycles. The number of aryl methyl sites for hydroxylation is 1. The maximum atomic E-state index is 12.5. The lowest BCUT2D eigenvalue weighted by Gasteiger charge is -2.30. The Morgan fingerprint density at radius 2 is 1.73 bits per heavy atom. The number of hydrogen-bond donors (Lipinski definition) is 1. The molecule has 136 valence electrons. The van der Waals surface area contributed by atoms with E-state index in [1.165, 1.54) is 11.1 Å². The van der Waals surface area contributed by atoms with Crippen LogP contribution in [0.3, 0.4) is 0 Å². The van der Waals surface area contributed by atoms with E-state index < -0.39 is 0 Å². The van der Waals surface area contributed by atoms with Gasteiger partial charge in [-0.1, -0.05) is 42.0 Å². The summed E-state index contributed by atoms with van der Waals surface area (Å²) in [6.07, 6.45) is 0.888. The van der Waals surface area contributed by atoms with Crippen LogP contribution in [0.2, 0.25) is 0 Å². The van der Waals surface area contributed by atoms with Gasteiger partial charge in [0, 0.05) is 18.8 Å². The first-order valence-corrected chi connectivity index (χ1v) is 8.91. The number of anilines is 1.